The molecule has 6 heteroatoms. The number of aromatic nitrogens is 1. The third-order valence-corrected chi connectivity index (χ3v) is 1.96. The van der Waals surface area contributed by atoms with Crippen LogP contribution in [0.3, 0.4) is 0 Å². The van der Waals surface area contributed by atoms with Crippen molar-refractivity contribution in [3.63, 3.8) is 0 Å². The molecule has 0 unspecified atom stereocenters. The van der Waals surface area contributed by atoms with E-state index in [0.717, 1.165) is 0 Å². The van der Waals surface area contributed by atoms with Gasteiger partial charge in [0.2, 0.25) is 11.6 Å². The van der Waals surface area contributed by atoms with Gasteiger partial charge in [0.05, 0.1) is 11.5 Å². The molecule has 92 valence electrons. The van der Waals surface area contributed by atoms with Gasteiger partial charge in [0.1, 0.15) is 6.61 Å². The molecule has 1 aromatic rings. The number of ether oxygens (including phenoxy) is 2. The molecule has 6 nitrogen and oxygen atoms in total. The monoisotopic (exact) mass is 238 g/mol. The van der Waals surface area contributed by atoms with Crippen LogP contribution in [0.1, 0.15) is 12.5 Å². The predicted octanol–water partition coefficient (Wildman–Crippen LogP) is 1.74. The molecule has 0 radical (unpaired) electrons. The summed E-state index contributed by atoms with van der Waals surface area (Å²) in [4.78, 5) is 14.0. The average Bonchev–Trinajstić information content (AvgIpc) is 2.31. The van der Waals surface area contributed by atoms with E-state index in [9.17, 15) is 10.1 Å². The molecule has 0 N–H and O–H groups in total. The van der Waals surface area contributed by atoms with Gasteiger partial charge >= 0.3 is 0 Å². The quantitative estimate of drug-likeness (QED) is 0.428. The number of hydrogen-bond acceptors (Lipinski definition) is 5. The Labute approximate surface area is 99.0 Å². The van der Waals surface area contributed by atoms with E-state index in [1.54, 1.807) is 19.2 Å². The van der Waals surface area contributed by atoms with Crippen LogP contribution in [0.2, 0.25) is 0 Å². The SMILES string of the molecule is COCCOc1ccc(/C=C(\C)[N+](=O)[O-])cn1. The first kappa shape index (κ1) is 13.1. The van der Waals surface area contributed by atoms with Gasteiger partial charge in [0.25, 0.3) is 0 Å². The molecule has 0 aliphatic heterocycles. The van der Waals surface area contributed by atoms with Crippen molar-refractivity contribution in [1.29, 1.82) is 0 Å². The minimum absolute atomic E-state index is 0.0693. The molecule has 0 bridgehead atoms. The van der Waals surface area contributed by atoms with Crippen LogP contribution >= 0.6 is 0 Å². The summed E-state index contributed by atoms with van der Waals surface area (Å²) in [5.74, 6) is 0.470. The Morgan fingerprint density at radius 2 is 2.29 bits per heavy atom. The fourth-order valence-corrected chi connectivity index (χ4v) is 1.09. The van der Waals surface area contributed by atoms with Crippen LogP contribution in [-0.4, -0.2) is 30.2 Å². The minimum Gasteiger partial charge on any atom is -0.475 e. The number of allylic oxidation sites excluding steroid dienone is 1. The highest BCUT2D eigenvalue weighted by Gasteiger charge is 2.02. The molecule has 0 saturated carbocycles. The van der Waals surface area contributed by atoms with Crippen LogP contribution in [0, 0.1) is 10.1 Å². The topological polar surface area (TPSA) is 74.5 Å². The predicted molar refractivity (Wildman–Crippen MR) is 62.3 cm³/mol. The summed E-state index contributed by atoms with van der Waals surface area (Å²) in [7, 11) is 1.59. The third-order valence-electron chi connectivity index (χ3n) is 1.96. The van der Waals surface area contributed by atoms with E-state index in [1.807, 2.05) is 0 Å². The molecule has 1 rings (SSSR count). The highest BCUT2D eigenvalue weighted by atomic mass is 16.6. The lowest BCUT2D eigenvalue weighted by molar-refractivity contribution is -0.422. The van der Waals surface area contributed by atoms with Crippen LogP contribution in [0.4, 0.5) is 0 Å². The van der Waals surface area contributed by atoms with Crippen LogP contribution < -0.4 is 4.74 Å². The number of methoxy groups -OCH3 is 1. The first-order chi connectivity index (χ1) is 8.13. The van der Waals surface area contributed by atoms with E-state index in [4.69, 9.17) is 9.47 Å². The fourth-order valence-electron chi connectivity index (χ4n) is 1.09. The maximum atomic E-state index is 10.4. The Bertz CT molecular complexity index is 400. The summed E-state index contributed by atoms with van der Waals surface area (Å²) in [6, 6.07) is 3.37. The molecule has 0 aliphatic rings. The molecule has 0 atom stereocenters. The molecule has 0 aliphatic carbocycles. The van der Waals surface area contributed by atoms with Crippen molar-refractivity contribution in [3.8, 4) is 5.88 Å². The van der Waals surface area contributed by atoms with E-state index in [1.165, 1.54) is 19.2 Å². The fraction of sp³-hybridized carbons (Fsp3) is 0.364. The van der Waals surface area contributed by atoms with Gasteiger partial charge in [-0.2, -0.15) is 0 Å². The van der Waals surface area contributed by atoms with E-state index in [2.05, 4.69) is 4.98 Å². The summed E-state index contributed by atoms with van der Waals surface area (Å²) < 4.78 is 10.1. The Morgan fingerprint density at radius 1 is 1.53 bits per heavy atom. The molecule has 0 fully saturated rings. The van der Waals surface area contributed by atoms with Crippen LogP contribution in [0.15, 0.2) is 24.0 Å². The van der Waals surface area contributed by atoms with Crippen molar-refractivity contribution in [2.75, 3.05) is 20.3 Å². The number of pyridine rings is 1. The van der Waals surface area contributed by atoms with Gasteiger partial charge in [-0.3, -0.25) is 10.1 Å². The lowest BCUT2D eigenvalue weighted by Crippen LogP contribution is -2.05. The summed E-state index contributed by atoms with van der Waals surface area (Å²) >= 11 is 0. The normalized spacial score (nSPS) is 11.3. The zero-order valence-electron chi connectivity index (χ0n) is 9.75. The van der Waals surface area contributed by atoms with E-state index in [0.29, 0.717) is 24.7 Å². The molecular formula is C11H14N2O4. The lowest BCUT2D eigenvalue weighted by Gasteiger charge is -2.03. The second kappa shape index (κ2) is 6.59. The Kier molecular flexibility index (Phi) is 5.09. The standard InChI is InChI=1S/C11H14N2O4/c1-9(13(14)15)7-10-3-4-11(12-8-10)17-6-5-16-2/h3-4,7-8H,5-6H2,1-2H3/b9-7+. The van der Waals surface area contributed by atoms with Gasteiger partial charge in [-0.05, 0) is 11.6 Å². The third kappa shape index (κ3) is 4.60. The number of nitrogens with zero attached hydrogens (tertiary/aromatic N) is 2. The summed E-state index contributed by atoms with van der Waals surface area (Å²) in [5.41, 5.74) is 0.734. The number of rotatable bonds is 6. The van der Waals surface area contributed by atoms with Gasteiger partial charge in [0.15, 0.2) is 0 Å². The zero-order chi connectivity index (χ0) is 12.7. The van der Waals surface area contributed by atoms with Gasteiger partial charge in [-0.25, -0.2) is 4.98 Å². The van der Waals surface area contributed by atoms with Crippen LogP contribution in [0.25, 0.3) is 6.08 Å². The smallest absolute Gasteiger partial charge is 0.243 e. The van der Waals surface area contributed by atoms with Crippen molar-refractivity contribution in [3.05, 3.63) is 39.7 Å². The van der Waals surface area contributed by atoms with Crippen LogP contribution in [0.5, 0.6) is 5.88 Å². The molecular weight excluding hydrogens is 224 g/mol. The number of hydrogen-bond donors (Lipinski definition) is 0. The van der Waals surface area contributed by atoms with Crippen LogP contribution in [-0.2, 0) is 4.74 Å². The Balaban J connectivity index is 2.62. The van der Waals surface area contributed by atoms with Crippen molar-refractivity contribution in [2.24, 2.45) is 0 Å². The van der Waals surface area contributed by atoms with Crippen molar-refractivity contribution in [1.82, 2.24) is 4.98 Å². The highest BCUT2D eigenvalue weighted by molar-refractivity contribution is 5.49. The molecule has 0 aromatic carbocycles. The second-order valence-corrected chi connectivity index (χ2v) is 3.31. The van der Waals surface area contributed by atoms with E-state index in [-0.39, 0.29) is 5.70 Å². The lowest BCUT2D eigenvalue weighted by atomic mass is 10.2. The molecule has 0 spiro atoms. The molecule has 1 aromatic heterocycles. The van der Waals surface area contributed by atoms with Gasteiger partial charge in [-0.1, -0.05) is 0 Å². The van der Waals surface area contributed by atoms with Crippen molar-refractivity contribution in [2.45, 2.75) is 6.92 Å². The first-order valence-electron chi connectivity index (χ1n) is 5.04. The Hall–Kier alpha value is -1.95. The highest BCUT2D eigenvalue weighted by Crippen LogP contribution is 2.10. The summed E-state index contributed by atoms with van der Waals surface area (Å²) in [6.07, 6.45) is 2.97. The zero-order valence-corrected chi connectivity index (χ0v) is 9.75. The number of nitro groups is 1. The summed E-state index contributed by atoms with van der Waals surface area (Å²) in [6.45, 7) is 2.35. The molecule has 0 amide bonds. The maximum absolute atomic E-state index is 10.4. The Morgan fingerprint density at radius 3 is 2.82 bits per heavy atom. The average molecular weight is 238 g/mol. The van der Waals surface area contributed by atoms with Crippen molar-refractivity contribution < 1.29 is 14.4 Å². The largest absolute Gasteiger partial charge is 0.475 e. The van der Waals surface area contributed by atoms with Gasteiger partial charge in [-0.15, -0.1) is 0 Å². The minimum atomic E-state index is -0.441. The van der Waals surface area contributed by atoms with E-state index < -0.39 is 4.92 Å². The van der Waals surface area contributed by atoms with Gasteiger partial charge in [0, 0.05) is 32.4 Å². The molecule has 17 heavy (non-hydrogen) atoms. The molecule has 0 saturated heterocycles. The van der Waals surface area contributed by atoms with E-state index >= 15 is 0 Å². The second-order valence-electron chi connectivity index (χ2n) is 3.31. The molecule has 1 heterocycles. The van der Waals surface area contributed by atoms with Crippen molar-refractivity contribution >= 4 is 6.08 Å². The maximum Gasteiger partial charge on any atom is 0.243 e. The first-order valence-corrected chi connectivity index (χ1v) is 5.04. The van der Waals surface area contributed by atoms with Gasteiger partial charge < -0.3 is 9.47 Å². The summed E-state index contributed by atoms with van der Waals surface area (Å²) in [5, 5.41) is 10.4.